The van der Waals surface area contributed by atoms with E-state index in [1.54, 1.807) is 32.0 Å². The van der Waals surface area contributed by atoms with Crippen LogP contribution < -0.4 is 5.73 Å². The highest BCUT2D eigenvalue weighted by Gasteiger charge is 2.23. The number of carbonyl (C=O) groups excluding carboxylic acids is 1. The van der Waals surface area contributed by atoms with Crippen LogP contribution in [0.4, 0.5) is 5.82 Å². The fourth-order valence-electron chi connectivity index (χ4n) is 3.06. The molecule has 0 aliphatic rings. The molecule has 0 aliphatic heterocycles. The summed E-state index contributed by atoms with van der Waals surface area (Å²) in [4.78, 5) is 20.8. The highest BCUT2D eigenvalue weighted by molar-refractivity contribution is 6.08. The first-order valence-corrected chi connectivity index (χ1v) is 8.72. The number of ether oxygens (including phenoxy) is 2. The average molecular weight is 372 g/mol. The minimum Gasteiger partial charge on any atom is -0.465 e. The number of carbonyl (C=O) groups is 1. The molecule has 2 aromatic heterocycles. The van der Waals surface area contributed by atoms with Crippen molar-refractivity contribution in [1.82, 2.24) is 14.5 Å². The Morgan fingerprint density at radius 2 is 2.07 bits per heavy atom. The minimum absolute atomic E-state index is 0.256. The summed E-state index contributed by atoms with van der Waals surface area (Å²) in [5.41, 5.74) is 7.43. The molecule has 3 rings (SSSR count). The maximum Gasteiger partial charge on any atom is 0.337 e. The number of fused-ring (bicyclic) bond motifs is 3. The van der Waals surface area contributed by atoms with Gasteiger partial charge in [0.15, 0.2) is 5.82 Å². The zero-order valence-corrected chi connectivity index (χ0v) is 15.9. The molecule has 0 aliphatic carbocycles. The summed E-state index contributed by atoms with van der Waals surface area (Å²) < 4.78 is 12.2. The normalized spacial score (nSPS) is 12.0. The molecule has 0 radical (unpaired) electrons. The van der Waals surface area contributed by atoms with Crippen LogP contribution in [0.15, 0.2) is 18.2 Å². The Kier molecular flexibility index (Phi) is 5.03. The third kappa shape index (κ3) is 3.72. The lowest BCUT2D eigenvalue weighted by molar-refractivity contribution is 0.0580. The van der Waals surface area contributed by atoms with E-state index in [1.165, 1.54) is 7.11 Å². The highest BCUT2D eigenvalue weighted by atomic mass is 16.5. The van der Waals surface area contributed by atoms with Crippen molar-refractivity contribution < 1.29 is 19.4 Å². The molecule has 8 nitrogen and oxygen atoms in total. The molecule has 0 atom stereocenters. The number of pyridine rings is 1. The second-order valence-corrected chi connectivity index (χ2v) is 6.98. The highest BCUT2D eigenvalue weighted by Crippen LogP contribution is 2.31. The van der Waals surface area contributed by atoms with Gasteiger partial charge in [-0.1, -0.05) is 0 Å². The third-order valence-electron chi connectivity index (χ3n) is 4.18. The largest absolute Gasteiger partial charge is 0.465 e. The summed E-state index contributed by atoms with van der Waals surface area (Å²) in [5.74, 6) is 0.471. The number of nitrogens with two attached hydrogens (primary N) is 1. The van der Waals surface area contributed by atoms with Crippen LogP contribution in [0.2, 0.25) is 0 Å². The quantitative estimate of drug-likeness (QED) is 0.638. The molecule has 3 aromatic rings. The van der Waals surface area contributed by atoms with Crippen LogP contribution in [-0.2, 0) is 22.6 Å². The molecule has 8 heteroatoms. The molecule has 0 amide bonds. The fraction of sp³-hybridized carbons (Fsp3) is 0.421. The standard InChI is InChI=1S/C19H24N4O4/c1-5-27-9-14-22-15-16(23(14)10-19(2,3)25)12-7-6-11(18(24)26-4)8-13(12)21-17(15)20/h6-8,25H,5,9-10H2,1-4H3,(H2,20,21). The molecule has 0 unspecified atom stereocenters. The summed E-state index contributed by atoms with van der Waals surface area (Å²) in [7, 11) is 1.33. The fourth-order valence-corrected chi connectivity index (χ4v) is 3.06. The number of esters is 1. The zero-order valence-electron chi connectivity index (χ0n) is 15.9. The van der Waals surface area contributed by atoms with E-state index in [0.29, 0.717) is 42.2 Å². The zero-order chi connectivity index (χ0) is 19.8. The van der Waals surface area contributed by atoms with Crippen LogP contribution in [0.1, 0.15) is 37.0 Å². The van der Waals surface area contributed by atoms with E-state index >= 15 is 0 Å². The van der Waals surface area contributed by atoms with Gasteiger partial charge in [0, 0.05) is 12.0 Å². The van der Waals surface area contributed by atoms with E-state index in [4.69, 9.17) is 15.2 Å². The minimum atomic E-state index is -0.967. The molecule has 144 valence electrons. The molecule has 0 saturated carbocycles. The van der Waals surface area contributed by atoms with E-state index < -0.39 is 11.6 Å². The number of methoxy groups -OCH3 is 1. The predicted molar refractivity (Wildman–Crippen MR) is 102 cm³/mol. The Labute approximate surface area is 156 Å². The summed E-state index contributed by atoms with van der Waals surface area (Å²) in [5, 5.41) is 11.2. The number of nitrogens with zero attached hydrogens (tertiary/aromatic N) is 3. The van der Waals surface area contributed by atoms with E-state index in [0.717, 1.165) is 10.9 Å². The second kappa shape index (κ2) is 7.13. The molecule has 0 fully saturated rings. The van der Waals surface area contributed by atoms with Crippen LogP contribution in [0, 0.1) is 0 Å². The van der Waals surface area contributed by atoms with Gasteiger partial charge in [-0.3, -0.25) is 0 Å². The van der Waals surface area contributed by atoms with Crippen LogP contribution >= 0.6 is 0 Å². The molecule has 0 saturated heterocycles. The molecule has 0 bridgehead atoms. The molecule has 2 heterocycles. The van der Waals surface area contributed by atoms with E-state index in [2.05, 4.69) is 9.97 Å². The van der Waals surface area contributed by atoms with E-state index in [9.17, 15) is 9.90 Å². The van der Waals surface area contributed by atoms with Crippen molar-refractivity contribution in [1.29, 1.82) is 0 Å². The van der Waals surface area contributed by atoms with Gasteiger partial charge < -0.3 is 24.9 Å². The average Bonchev–Trinajstić information content (AvgIpc) is 2.96. The smallest absolute Gasteiger partial charge is 0.337 e. The van der Waals surface area contributed by atoms with E-state index in [1.807, 2.05) is 11.5 Å². The first-order valence-electron chi connectivity index (χ1n) is 8.72. The van der Waals surface area contributed by atoms with Crippen molar-refractivity contribution in [3.63, 3.8) is 0 Å². The van der Waals surface area contributed by atoms with Crippen LogP contribution in [0.5, 0.6) is 0 Å². The first kappa shape index (κ1) is 19.1. The molecule has 3 N–H and O–H groups in total. The van der Waals surface area contributed by atoms with Gasteiger partial charge in [0.25, 0.3) is 0 Å². The van der Waals surface area contributed by atoms with Crippen molar-refractivity contribution in [2.75, 3.05) is 19.5 Å². The molecule has 27 heavy (non-hydrogen) atoms. The molecule has 1 aromatic carbocycles. The lowest BCUT2D eigenvalue weighted by Gasteiger charge is -2.20. The first-order chi connectivity index (χ1) is 12.7. The number of anilines is 1. The number of rotatable bonds is 6. The lowest BCUT2D eigenvalue weighted by atomic mass is 10.1. The monoisotopic (exact) mass is 372 g/mol. The van der Waals surface area contributed by atoms with Gasteiger partial charge in [-0.15, -0.1) is 0 Å². The number of hydrogen-bond acceptors (Lipinski definition) is 7. The van der Waals surface area contributed by atoms with Crippen molar-refractivity contribution in [2.45, 2.75) is 39.5 Å². The van der Waals surface area contributed by atoms with Gasteiger partial charge in [0.1, 0.15) is 17.9 Å². The summed E-state index contributed by atoms with van der Waals surface area (Å²) in [6, 6.07) is 5.11. The van der Waals surface area contributed by atoms with Gasteiger partial charge in [-0.05, 0) is 39.0 Å². The van der Waals surface area contributed by atoms with Gasteiger partial charge in [0.2, 0.25) is 0 Å². The summed E-state index contributed by atoms with van der Waals surface area (Å²) in [6.45, 7) is 6.51. The molecular weight excluding hydrogens is 348 g/mol. The van der Waals surface area contributed by atoms with Gasteiger partial charge in [-0.25, -0.2) is 14.8 Å². The maximum absolute atomic E-state index is 11.8. The summed E-state index contributed by atoms with van der Waals surface area (Å²) in [6.07, 6.45) is 0. The van der Waals surface area contributed by atoms with Crippen molar-refractivity contribution in [2.24, 2.45) is 0 Å². The third-order valence-corrected chi connectivity index (χ3v) is 4.18. The van der Waals surface area contributed by atoms with Gasteiger partial charge >= 0.3 is 5.97 Å². The van der Waals surface area contributed by atoms with Gasteiger partial charge in [-0.2, -0.15) is 0 Å². The Balaban J connectivity index is 2.30. The Bertz CT molecular complexity index is 1000. The number of aromatic nitrogens is 3. The maximum atomic E-state index is 11.8. The molecule has 0 spiro atoms. The van der Waals surface area contributed by atoms with Gasteiger partial charge in [0.05, 0.1) is 35.9 Å². The SMILES string of the molecule is CCOCc1nc2c(N)nc3cc(C(=O)OC)ccc3c2n1CC(C)(C)O. The van der Waals surface area contributed by atoms with Crippen molar-refractivity contribution >= 4 is 33.7 Å². The Morgan fingerprint density at radius 1 is 1.33 bits per heavy atom. The number of hydrogen-bond donors (Lipinski definition) is 2. The van der Waals surface area contributed by atoms with Crippen molar-refractivity contribution in [3.8, 4) is 0 Å². The number of aliphatic hydroxyl groups is 1. The number of nitrogen functional groups attached to an aromatic ring is 1. The van der Waals surface area contributed by atoms with Crippen LogP contribution in [0.3, 0.4) is 0 Å². The topological polar surface area (TPSA) is 112 Å². The van der Waals surface area contributed by atoms with Crippen molar-refractivity contribution in [3.05, 3.63) is 29.6 Å². The molecular formula is C19H24N4O4. The summed E-state index contributed by atoms with van der Waals surface area (Å²) >= 11 is 0. The Morgan fingerprint density at radius 3 is 2.70 bits per heavy atom. The number of imidazole rings is 1. The van der Waals surface area contributed by atoms with Crippen LogP contribution in [0.25, 0.3) is 21.9 Å². The number of benzene rings is 1. The second-order valence-electron chi connectivity index (χ2n) is 6.98. The Hall–Kier alpha value is -2.71. The lowest BCUT2D eigenvalue weighted by Crippen LogP contribution is -2.27. The predicted octanol–water partition coefficient (Wildman–Crippen LogP) is 2.26. The van der Waals surface area contributed by atoms with Crippen LogP contribution in [-0.4, -0.2) is 44.9 Å². The van der Waals surface area contributed by atoms with E-state index in [-0.39, 0.29) is 5.82 Å².